The lowest BCUT2D eigenvalue weighted by molar-refractivity contribution is -0.120. The van der Waals surface area contributed by atoms with E-state index in [4.69, 9.17) is 7.85 Å². The van der Waals surface area contributed by atoms with E-state index in [1.165, 1.54) is 0 Å². The van der Waals surface area contributed by atoms with Crippen molar-refractivity contribution in [2.45, 2.75) is 32.0 Å². The fraction of sp³-hybridized carbons (Fsp3) is 0.857. The number of carbonyl (C=O) groups excluding carboxylic acids is 1. The van der Waals surface area contributed by atoms with E-state index in [-0.39, 0.29) is 0 Å². The van der Waals surface area contributed by atoms with Crippen LogP contribution in [0.5, 0.6) is 0 Å². The largest absolute Gasteiger partial charge is 0.300 e. The van der Waals surface area contributed by atoms with Gasteiger partial charge in [-0.1, -0.05) is 6.32 Å². The first-order valence-electron chi connectivity index (χ1n) is 3.54. The van der Waals surface area contributed by atoms with Gasteiger partial charge in [0, 0.05) is 12.8 Å². The molecule has 48 valence electrons. The molecule has 0 aromatic carbocycles. The Kier molecular flexibility index (Phi) is 2.32. The van der Waals surface area contributed by atoms with Gasteiger partial charge < -0.3 is 0 Å². The molecule has 0 saturated heterocycles. The zero-order valence-corrected chi connectivity index (χ0v) is 5.60. The molecule has 0 amide bonds. The second-order valence-corrected chi connectivity index (χ2v) is 2.72. The van der Waals surface area contributed by atoms with E-state index >= 15 is 0 Å². The number of Topliss-reactive ketones (excluding diaryl/α,β-unsaturated/α-hetero) is 1. The second kappa shape index (κ2) is 3.04. The quantitative estimate of drug-likeness (QED) is 0.479. The molecule has 0 N–H and O–H groups in total. The first-order chi connectivity index (χ1) is 4.33. The molecular weight excluding hydrogens is 111 g/mol. The topological polar surface area (TPSA) is 17.1 Å². The Morgan fingerprint density at radius 3 is 2.44 bits per heavy atom. The summed E-state index contributed by atoms with van der Waals surface area (Å²) in [4.78, 5) is 10.7. The van der Waals surface area contributed by atoms with Gasteiger partial charge in [-0.3, -0.25) is 4.79 Å². The van der Waals surface area contributed by atoms with E-state index in [0.717, 1.165) is 32.0 Å². The van der Waals surface area contributed by atoms with Crippen molar-refractivity contribution in [3.8, 4) is 0 Å². The average Bonchev–Trinajstić information content (AvgIpc) is 1.90. The van der Waals surface area contributed by atoms with Crippen LogP contribution in [0, 0.1) is 5.92 Å². The number of rotatable bonds is 1. The molecule has 9 heavy (non-hydrogen) atoms. The van der Waals surface area contributed by atoms with Crippen molar-refractivity contribution < 1.29 is 4.79 Å². The van der Waals surface area contributed by atoms with Crippen molar-refractivity contribution in [2.24, 2.45) is 5.92 Å². The van der Waals surface area contributed by atoms with Crippen molar-refractivity contribution in [2.75, 3.05) is 0 Å². The molecule has 0 heterocycles. The molecule has 1 aliphatic carbocycles. The molecule has 0 atom stereocenters. The standard InChI is InChI=1S/C7H11BO/c8-5-6-1-3-7(9)4-2-6/h6H,1-5H2. The third-order valence-corrected chi connectivity index (χ3v) is 2.00. The van der Waals surface area contributed by atoms with Crippen LogP contribution in [0.1, 0.15) is 25.7 Å². The van der Waals surface area contributed by atoms with Gasteiger partial charge in [-0.2, -0.15) is 0 Å². The van der Waals surface area contributed by atoms with Crippen molar-refractivity contribution in [1.29, 1.82) is 0 Å². The molecule has 1 fully saturated rings. The minimum absolute atomic E-state index is 0.416. The summed E-state index contributed by atoms with van der Waals surface area (Å²) in [6, 6.07) is 0. The molecule has 0 spiro atoms. The molecule has 0 aromatic heterocycles. The molecule has 1 aliphatic rings. The zero-order valence-electron chi connectivity index (χ0n) is 5.60. The number of ketones is 1. The summed E-state index contributed by atoms with van der Waals surface area (Å²) < 4.78 is 0. The summed E-state index contributed by atoms with van der Waals surface area (Å²) in [5, 5.41) is 0. The van der Waals surface area contributed by atoms with Crippen molar-refractivity contribution in [1.82, 2.24) is 0 Å². The van der Waals surface area contributed by atoms with Crippen LogP contribution < -0.4 is 0 Å². The number of hydrogen-bond acceptors (Lipinski definition) is 1. The van der Waals surface area contributed by atoms with Crippen molar-refractivity contribution in [3.05, 3.63) is 0 Å². The van der Waals surface area contributed by atoms with Crippen molar-refractivity contribution in [3.63, 3.8) is 0 Å². The van der Waals surface area contributed by atoms with E-state index < -0.39 is 0 Å². The first kappa shape index (κ1) is 6.85. The first-order valence-corrected chi connectivity index (χ1v) is 3.54. The summed E-state index contributed by atoms with van der Waals surface area (Å²) in [6.07, 6.45) is 4.34. The fourth-order valence-corrected chi connectivity index (χ4v) is 1.24. The van der Waals surface area contributed by atoms with E-state index in [0.29, 0.717) is 11.7 Å². The summed E-state index contributed by atoms with van der Waals surface area (Å²) in [7, 11) is 5.44. The highest BCUT2D eigenvalue weighted by molar-refractivity contribution is 6.08. The van der Waals surface area contributed by atoms with E-state index in [9.17, 15) is 4.79 Å². The van der Waals surface area contributed by atoms with Crippen LogP contribution in [0.4, 0.5) is 0 Å². The second-order valence-electron chi connectivity index (χ2n) is 2.72. The minimum atomic E-state index is 0.416. The Hall–Kier alpha value is -0.265. The van der Waals surface area contributed by atoms with Crippen LogP contribution in [0.25, 0.3) is 0 Å². The normalized spacial score (nSPS) is 22.4. The Bertz CT molecular complexity index is 101. The molecule has 2 radical (unpaired) electrons. The summed E-state index contributed by atoms with van der Waals surface area (Å²) in [5.74, 6) is 1.04. The van der Waals surface area contributed by atoms with E-state index in [1.807, 2.05) is 0 Å². The third kappa shape index (κ3) is 1.85. The van der Waals surface area contributed by atoms with E-state index in [2.05, 4.69) is 0 Å². The maximum atomic E-state index is 10.7. The maximum Gasteiger partial charge on any atom is 0.132 e. The molecule has 0 bridgehead atoms. The van der Waals surface area contributed by atoms with Crippen LogP contribution in [-0.2, 0) is 4.79 Å². The molecule has 0 aliphatic heterocycles. The lowest BCUT2D eigenvalue weighted by Gasteiger charge is -2.18. The Labute approximate surface area is 57.2 Å². The molecule has 1 rings (SSSR count). The molecule has 0 unspecified atom stereocenters. The van der Waals surface area contributed by atoms with Gasteiger partial charge in [0.05, 0.1) is 7.85 Å². The number of carbonyl (C=O) groups is 1. The van der Waals surface area contributed by atoms with Crippen molar-refractivity contribution >= 4 is 13.6 Å². The predicted octanol–water partition coefficient (Wildman–Crippen LogP) is 1.33. The smallest absolute Gasteiger partial charge is 0.132 e. The van der Waals surface area contributed by atoms with Gasteiger partial charge in [0.25, 0.3) is 0 Å². The van der Waals surface area contributed by atoms with Gasteiger partial charge in [0.1, 0.15) is 5.78 Å². The van der Waals surface area contributed by atoms with Gasteiger partial charge >= 0.3 is 0 Å². The van der Waals surface area contributed by atoms with E-state index in [1.54, 1.807) is 0 Å². The molecule has 1 nitrogen and oxygen atoms in total. The summed E-state index contributed by atoms with van der Waals surface area (Å²) in [6.45, 7) is 0. The maximum absolute atomic E-state index is 10.7. The van der Waals surface area contributed by atoms with Gasteiger partial charge in [-0.05, 0) is 18.8 Å². The van der Waals surface area contributed by atoms with Crippen LogP contribution in [0.15, 0.2) is 0 Å². The number of hydrogen-bond donors (Lipinski definition) is 0. The average molecular weight is 122 g/mol. The molecule has 0 aromatic rings. The van der Waals surface area contributed by atoms with Crippen LogP contribution in [-0.4, -0.2) is 13.6 Å². The van der Waals surface area contributed by atoms with Crippen LogP contribution >= 0.6 is 0 Å². The van der Waals surface area contributed by atoms with Gasteiger partial charge in [0.2, 0.25) is 0 Å². The van der Waals surface area contributed by atoms with Crippen LogP contribution in [0.2, 0.25) is 6.32 Å². The zero-order chi connectivity index (χ0) is 6.69. The van der Waals surface area contributed by atoms with Crippen LogP contribution in [0.3, 0.4) is 0 Å². The van der Waals surface area contributed by atoms with Gasteiger partial charge in [-0.25, -0.2) is 0 Å². The monoisotopic (exact) mass is 122 g/mol. The Morgan fingerprint density at radius 1 is 1.44 bits per heavy atom. The lowest BCUT2D eigenvalue weighted by atomic mass is 9.80. The lowest BCUT2D eigenvalue weighted by Crippen LogP contribution is -2.12. The highest BCUT2D eigenvalue weighted by Crippen LogP contribution is 2.23. The molecule has 1 saturated carbocycles. The predicted molar refractivity (Wildman–Crippen MR) is 37.5 cm³/mol. The highest BCUT2D eigenvalue weighted by Gasteiger charge is 2.15. The summed E-state index contributed by atoms with van der Waals surface area (Å²) >= 11 is 0. The molecular formula is C7H11BO. The molecule has 2 heteroatoms. The Balaban J connectivity index is 2.26. The third-order valence-electron chi connectivity index (χ3n) is 2.00. The Morgan fingerprint density at radius 2 is 2.00 bits per heavy atom. The summed E-state index contributed by atoms with van der Waals surface area (Å²) in [5.41, 5.74) is 0. The minimum Gasteiger partial charge on any atom is -0.300 e. The fourth-order valence-electron chi connectivity index (χ4n) is 1.24. The van der Waals surface area contributed by atoms with Gasteiger partial charge in [0.15, 0.2) is 0 Å². The highest BCUT2D eigenvalue weighted by atomic mass is 16.1. The SMILES string of the molecule is [B]CC1CCC(=O)CC1. The van der Waals surface area contributed by atoms with Gasteiger partial charge in [-0.15, -0.1) is 0 Å².